The van der Waals surface area contributed by atoms with Crippen LogP contribution >= 0.6 is 11.8 Å². The van der Waals surface area contributed by atoms with Crippen LogP contribution < -0.4 is 0 Å². The molecular formula is C16H12F5NOS. The Balaban J connectivity index is 2.18. The van der Waals surface area contributed by atoms with Crippen molar-refractivity contribution >= 4 is 17.5 Å². The molecule has 1 aromatic carbocycles. The van der Waals surface area contributed by atoms with E-state index < -0.39 is 35.9 Å². The van der Waals surface area contributed by atoms with Gasteiger partial charge in [-0.25, -0.2) is 13.2 Å². The molecule has 0 aliphatic heterocycles. The lowest BCUT2D eigenvalue weighted by atomic mass is 9.93. The number of hydrogen-bond donors (Lipinski definition) is 0. The van der Waals surface area contributed by atoms with Crippen LogP contribution in [0, 0.1) is 5.82 Å². The van der Waals surface area contributed by atoms with Crippen LogP contribution in [0.15, 0.2) is 29.3 Å². The predicted octanol–water partition coefficient (Wildman–Crippen LogP) is 5.04. The van der Waals surface area contributed by atoms with Crippen LogP contribution in [0.25, 0.3) is 5.69 Å². The fourth-order valence-electron chi connectivity index (χ4n) is 2.82. The van der Waals surface area contributed by atoms with Crippen molar-refractivity contribution < 1.29 is 26.7 Å². The molecule has 1 aliphatic carbocycles. The molecule has 0 fully saturated rings. The van der Waals surface area contributed by atoms with Crippen LogP contribution in [0.5, 0.6) is 0 Å². The van der Waals surface area contributed by atoms with Gasteiger partial charge in [0.05, 0.1) is 11.1 Å². The van der Waals surface area contributed by atoms with Crippen molar-refractivity contribution in [2.75, 3.05) is 6.26 Å². The smallest absolute Gasteiger partial charge is 0.310 e. The van der Waals surface area contributed by atoms with Crippen LogP contribution in [-0.4, -0.2) is 22.5 Å². The first-order chi connectivity index (χ1) is 11.3. The monoisotopic (exact) mass is 361 g/mol. The summed E-state index contributed by atoms with van der Waals surface area (Å²) in [6.45, 7) is 0. The average Bonchev–Trinajstić information content (AvgIpc) is 2.90. The summed E-state index contributed by atoms with van der Waals surface area (Å²) in [6, 6.07) is 3.16. The largest absolute Gasteiger partial charge is 0.319 e. The Kier molecular flexibility index (Phi) is 4.19. The SMILES string of the molecule is CSc1cn(-c2ccc(F)c(C(F)F)c2)c2c1C(=O)C(F)(F)CC2. The molecule has 128 valence electrons. The molecule has 0 radical (unpaired) electrons. The Morgan fingerprint density at radius 1 is 1.29 bits per heavy atom. The summed E-state index contributed by atoms with van der Waals surface area (Å²) >= 11 is 1.12. The second-order valence-electron chi connectivity index (χ2n) is 5.43. The molecule has 0 bridgehead atoms. The van der Waals surface area contributed by atoms with Gasteiger partial charge < -0.3 is 4.57 Å². The van der Waals surface area contributed by atoms with Crippen LogP contribution in [0.3, 0.4) is 0 Å². The van der Waals surface area contributed by atoms with Gasteiger partial charge in [-0.3, -0.25) is 4.79 Å². The molecule has 24 heavy (non-hydrogen) atoms. The molecule has 3 rings (SSSR count). The quantitative estimate of drug-likeness (QED) is 0.564. The normalized spacial score (nSPS) is 16.5. The number of halogens is 5. The van der Waals surface area contributed by atoms with E-state index in [1.807, 2.05) is 0 Å². The summed E-state index contributed by atoms with van der Waals surface area (Å²) in [5.41, 5.74) is -0.307. The second-order valence-corrected chi connectivity index (χ2v) is 6.28. The number of benzene rings is 1. The number of hydrogen-bond acceptors (Lipinski definition) is 2. The van der Waals surface area contributed by atoms with Crippen molar-refractivity contribution in [3.8, 4) is 5.69 Å². The highest BCUT2D eigenvalue weighted by Crippen LogP contribution is 2.40. The zero-order valence-electron chi connectivity index (χ0n) is 12.5. The van der Waals surface area contributed by atoms with Crippen LogP contribution in [0.1, 0.15) is 34.5 Å². The highest BCUT2D eigenvalue weighted by molar-refractivity contribution is 7.98. The van der Waals surface area contributed by atoms with E-state index in [0.29, 0.717) is 10.6 Å². The van der Waals surface area contributed by atoms with Gasteiger partial charge in [0.1, 0.15) is 5.82 Å². The molecular weight excluding hydrogens is 349 g/mol. The highest BCUT2D eigenvalue weighted by Gasteiger charge is 2.46. The van der Waals surface area contributed by atoms with Crippen molar-refractivity contribution in [2.24, 2.45) is 0 Å². The minimum absolute atomic E-state index is 0.0734. The highest BCUT2D eigenvalue weighted by atomic mass is 32.2. The number of carbonyl (C=O) groups is 1. The first-order valence-corrected chi connectivity index (χ1v) is 8.27. The van der Waals surface area contributed by atoms with Gasteiger partial charge in [-0.15, -0.1) is 11.8 Å². The number of fused-ring (bicyclic) bond motifs is 1. The lowest BCUT2D eigenvalue weighted by Crippen LogP contribution is -2.34. The van der Waals surface area contributed by atoms with Gasteiger partial charge in [0, 0.05) is 28.9 Å². The summed E-state index contributed by atoms with van der Waals surface area (Å²) in [6.07, 6.45) is -0.621. The van der Waals surface area contributed by atoms with E-state index in [1.54, 1.807) is 6.26 Å². The third kappa shape index (κ3) is 2.62. The number of rotatable bonds is 3. The summed E-state index contributed by atoms with van der Waals surface area (Å²) < 4.78 is 68.1. The lowest BCUT2D eigenvalue weighted by Gasteiger charge is -2.22. The lowest BCUT2D eigenvalue weighted by molar-refractivity contribution is 0.00144. The Morgan fingerprint density at radius 2 is 2.00 bits per heavy atom. The Morgan fingerprint density at radius 3 is 2.62 bits per heavy atom. The van der Waals surface area contributed by atoms with Gasteiger partial charge in [0.25, 0.3) is 6.43 Å². The number of ketones is 1. The first-order valence-electron chi connectivity index (χ1n) is 7.05. The molecule has 0 saturated heterocycles. The number of Topliss-reactive ketones (excluding diaryl/α,β-unsaturated/α-hetero) is 1. The van der Waals surface area contributed by atoms with Crippen molar-refractivity contribution in [2.45, 2.75) is 30.1 Å². The van der Waals surface area contributed by atoms with E-state index in [2.05, 4.69) is 0 Å². The Hall–Kier alpha value is -1.83. The van der Waals surface area contributed by atoms with Crippen molar-refractivity contribution in [1.82, 2.24) is 4.57 Å². The summed E-state index contributed by atoms with van der Waals surface area (Å²) in [7, 11) is 0. The maximum Gasteiger partial charge on any atom is 0.310 e. The van der Waals surface area contributed by atoms with E-state index in [1.165, 1.54) is 16.8 Å². The summed E-state index contributed by atoms with van der Waals surface area (Å²) in [5.74, 6) is -5.73. The predicted molar refractivity (Wildman–Crippen MR) is 80.1 cm³/mol. The van der Waals surface area contributed by atoms with Crippen LogP contribution in [-0.2, 0) is 6.42 Å². The molecule has 0 amide bonds. The molecule has 0 unspecified atom stereocenters. The third-order valence-electron chi connectivity index (χ3n) is 4.02. The second kappa shape index (κ2) is 5.91. The summed E-state index contributed by atoms with van der Waals surface area (Å²) in [5, 5.41) is 0. The van der Waals surface area contributed by atoms with E-state index in [9.17, 15) is 26.7 Å². The average molecular weight is 361 g/mol. The van der Waals surface area contributed by atoms with Gasteiger partial charge in [0.2, 0.25) is 5.78 Å². The van der Waals surface area contributed by atoms with Crippen LogP contribution in [0.2, 0.25) is 0 Å². The van der Waals surface area contributed by atoms with Crippen molar-refractivity contribution in [3.63, 3.8) is 0 Å². The zero-order valence-corrected chi connectivity index (χ0v) is 13.3. The molecule has 2 aromatic rings. The van der Waals surface area contributed by atoms with E-state index >= 15 is 0 Å². The van der Waals surface area contributed by atoms with Gasteiger partial charge in [0.15, 0.2) is 0 Å². The van der Waals surface area contributed by atoms with Crippen molar-refractivity contribution in [1.29, 1.82) is 0 Å². The Labute approximate surface area is 138 Å². The minimum Gasteiger partial charge on any atom is -0.319 e. The van der Waals surface area contributed by atoms with Crippen molar-refractivity contribution in [3.05, 3.63) is 47.0 Å². The van der Waals surface area contributed by atoms with Gasteiger partial charge in [-0.2, -0.15) is 8.78 Å². The molecule has 2 nitrogen and oxygen atoms in total. The number of aromatic nitrogens is 1. The standard InChI is InChI=1S/C16H12F5NOS/c1-24-12-7-22(8-2-3-10(17)9(6-8)15(18)19)11-4-5-16(20,21)14(23)13(11)12/h2-3,6-7,15H,4-5H2,1H3. The molecule has 1 aromatic heterocycles. The number of carbonyl (C=O) groups excluding carboxylic acids is 1. The maximum absolute atomic E-state index is 13.7. The van der Waals surface area contributed by atoms with E-state index in [4.69, 9.17) is 0 Å². The van der Waals surface area contributed by atoms with Gasteiger partial charge in [-0.1, -0.05) is 0 Å². The molecule has 0 saturated carbocycles. The van der Waals surface area contributed by atoms with Crippen LogP contribution in [0.4, 0.5) is 22.0 Å². The Bertz CT molecular complexity index is 815. The first kappa shape index (κ1) is 17.0. The molecule has 1 aliphatic rings. The number of thioether (sulfide) groups is 1. The number of alkyl halides is 4. The van der Waals surface area contributed by atoms with E-state index in [-0.39, 0.29) is 17.7 Å². The van der Waals surface area contributed by atoms with Gasteiger partial charge in [-0.05, 0) is 30.9 Å². The maximum atomic E-state index is 13.7. The molecule has 0 spiro atoms. The molecule has 8 heteroatoms. The van der Waals surface area contributed by atoms with E-state index in [0.717, 1.165) is 23.9 Å². The number of nitrogens with zero attached hydrogens (tertiary/aromatic N) is 1. The fourth-order valence-corrected chi connectivity index (χ4v) is 3.44. The van der Waals surface area contributed by atoms with Gasteiger partial charge >= 0.3 is 5.92 Å². The molecule has 0 atom stereocenters. The molecule has 0 N–H and O–H groups in total. The minimum atomic E-state index is -3.43. The third-order valence-corrected chi connectivity index (χ3v) is 4.77. The molecule has 1 heterocycles. The zero-order chi connectivity index (χ0) is 17.6. The summed E-state index contributed by atoms with van der Waals surface area (Å²) in [4.78, 5) is 12.4. The fraction of sp³-hybridized carbons (Fsp3) is 0.312. The topological polar surface area (TPSA) is 22.0 Å².